The van der Waals surface area contributed by atoms with Crippen LogP contribution in [0.1, 0.15) is 55.8 Å². The first-order valence-corrected chi connectivity index (χ1v) is 13.3. The Kier molecular flexibility index (Phi) is 6.07. The van der Waals surface area contributed by atoms with E-state index in [1.165, 1.54) is 28.1 Å². The summed E-state index contributed by atoms with van der Waals surface area (Å²) in [5.74, 6) is 2.19. The van der Waals surface area contributed by atoms with Gasteiger partial charge in [0.05, 0.1) is 19.3 Å². The molecule has 0 aliphatic carbocycles. The van der Waals surface area contributed by atoms with Crippen LogP contribution in [0.4, 0.5) is 11.5 Å². The number of ether oxygens (including phenoxy) is 1. The third-order valence-electron chi connectivity index (χ3n) is 8.26. The molecule has 1 saturated heterocycles. The molecular formula is C28H36N6O2. The predicted octanol–water partition coefficient (Wildman–Crippen LogP) is 4.26. The van der Waals surface area contributed by atoms with E-state index in [2.05, 4.69) is 46.0 Å². The molecule has 0 saturated carbocycles. The molecule has 3 aliphatic rings. The van der Waals surface area contributed by atoms with Crippen molar-refractivity contribution in [3.63, 3.8) is 0 Å². The van der Waals surface area contributed by atoms with Gasteiger partial charge in [-0.05, 0) is 48.4 Å². The Morgan fingerprint density at radius 1 is 1.19 bits per heavy atom. The summed E-state index contributed by atoms with van der Waals surface area (Å²) in [6.07, 6.45) is 8.16. The predicted molar refractivity (Wildman–Crippen MR) is 139 cm³/mol. The maximum Gasteiger partial charge on any atom is 0.219 e. The van der Waals surface area contributed by atoms with Crippen molar-refractivity contribution in [2.24, 2.45) is 13.0 Å². The number of carbonyl (C=O) groups excluding carboxylic acids is 1. The van der Waals surface area contributed by atoms with Crippen LogP contribution < -0.4 is 4.90 Å². The maximum absolute atomic E-state index is 12.3. The minimum atomic E-state index is 0.134. The molecular weight excluding hydrogens is 452 g/mol. The zero-order chi connectivity index (χ0) is 24.8. The summed E-state index contributed by atoms with van der Waals surface area (Å²) in [6.45, 7) is 8.84. The minimum absolute atomic E-state index is 0.134. The molecule has 2 atom stereocenters. The second-order valence-electron chi connectivity index (χ2n) is 10.6. The lowest BCUT2D eigenvalue weighted by atomic mass is 9.86. The highest BCUT2D eigenvalue weighted by Gasteiger charge is 2.33. The van der Waals surface area contributed by atoms with Gasteiger partial charge in [-0.15, -0.1) is 0 Å². The van der Waals surface area contributed by atoms with Crippen LogP contribution in [0.25, 0.3) is 11.1 Å². The lowest BCUT2D eigenvalue weighted by molar-refractivity contribution is -0.129. The summed E-state index contributed by atoms with van der Waals surface area (Å²) in [5.41, 5.74) is 7.49. The summed E-state index contributed by atoms with van der Waals surface area (Å²) in [6, 6.07) is 6.83. The standard InChI is InChI=1S/C28H36N6O2/c1-4-21-7-11-33(26-6-5-22(13-24(21)26)23-14-29-31(3)16-23)28-25-17-32(19(2)35)10-8-27(25)34(30-28)15-20-9-12-36-18-20/h5-6,13-14,16,20-21H,4,7-12,15,17-18H2,1-3H3/t20-,21+/m1/s1. The first-order chi connectivity index (χ1) is 17.5. The topological polar surface area (TPSA) is 68.4 Å². The van der Waals surface area contributed by atoms with Crippen LogP contribution in [0.5, 0.6) is 0 Å². The Labute approximate surface area is 212 Å². The summed E-state index contributed by atoms with van der Waals surface area (Å²) >= 11 is 0. The smallest absolute Gasteiger partial charge is 0.219 e. The number of carbonyl (C=O) groups is 1. The SMILES string of the molecule is CC[C@H]1CCN(c2nn(C[C@H]3CCOC3)c3c2CN(C(C)=O)CC3)c2ccc(-c3cnn(C)c3)cc21. The number of hydrogen-bond donors (Lipinski definition) is 0. The second-order valence-corrected chi connectivity index (χ2v) is 10.6. The molecule has 2 aromatic heterocycles. The molecule has 8 heteroatoms. The molecule has 3 aliphatic heterocycles. The maximum atomic E-state index is 12.3. The Morgan fingerprint density at radius 2 is 2.08 bits per heavy atom. The van der Waals surface area contributed by atoms with Crippen molar-refractivity contribution in [2.75, 3.05) is 31.2 Å². The average Bonchev–Trinajstić information content (AvgIpc) is 3.64. The molecule has 1 amide bonds. The van der Waals surface area contributed by atoms with Crippen LogP contribution in [0.15, 0.2) is 30.6 Å². The fourth-order valence-corrected chi connectivity index (χ4v) is 6.16. The van der Waals surface area contributed by atoms with Gasteiger partial charge in [-0.2, -0.15) is 10.2 Å². The second kappa shape index (κ2) is 9.39. The molecule has 3 aromatic rings. The van der Waals surface area contributed by atoms with Crippen molar-refractivity contribution in [1.29, 1.82) is 0 Å². The van der Waals surface area contributed by atoms with Gasteiger partial charge in [0.25, 0.3) is 0 Å². The van der Waals surface area contributed by atoms with E-state index in [9.17, 15) is 4.79 Å². The highest BCUT2D eigenvalue weighted by molar-refractivity contribution is 5.76. The van der Waals surface area contributed by atoms with Gasteiger partial charge in [0.1, 0.15) is 0 Å². The fraction of sp³-hybridized carbons (Fsp3) is 0.536. The van der Waals surface area contributed by atoms with Gasteiger partial charge in [0, 0.05) is 81.3 Å². The fourth-order valence-electron chi connectivity index (χ4n) is 6.16. The van der Waals surface area contributed by atoms with Crippen LogP contribution in [0.2, 0.25) is 0 Å². The number of rotatable bonds is 5. The highest BCUT2D eigenvalue weighted by Crippen LogP contribution is 2.44. The monoisotopic (exact) mass is 488 g/mol. The molecule has 8 nitrogen and oxygen atoms in total. The summed E-state index contributed by atoms with van der Waals surface area (Å²) in [7, 11) is 1.96. The van der Waals surface area contributed by atoms with Gasteiger partial charge in [-0.3, -0.25) is 14.2 Å². The number of fused-ring (bicyclic) bond motifs is 2. The summed E-state index contributed by atoms with van der Waals surface area (Å²) in [5, 5.41) is 9.62. The Balaban J connectivity index is 1.42. The zero-order valence-electron chi connectivity index (χ0n) is 21.6. The number of amides is 1. The van der Waals surface area contributed by atoms with E-state index in [-0.39, 0.29) is 5.91 Å². The molecule has 0 spiro atoms. The van der Waals surface area contributed by atoms with E-state index < -0.39 is 0 Å². The van der Waals surface area contributed by atoms with Crippen molar-refractivity contribution in [1.82, 2.24) is 24.5 Å². The third-order valence-corrected chi connectivity index (χ3v) is 8.26. The molecule has 0 N–H and O–H groups in total. The van der Waals surface area contributed by atoms with Crippen LogP contribution >= 0.6 is 0 Å². The summed E-state index contributed by atoms with van der Waals surface area (Å²) < 4.78 is 9.74. The van der Waals surface area contributed by atoms with Gasteiger partial charge in [0.2, 0.25) is 5.91 Å². The van der Waals surface area contributed by atoms with Gasteiger partial charge in [-0.1, -0.05) is 13.0 Å². The van der Waals surface area contributed by atoms with Gasteiger partial charge >= 0.3 is 0 Å². The minimum Gasteiger partial charge on any atom is -0.381 e. The molecule has 5 heterocycles. The molecule has 1 fully saturated rings. The Bertz CT molecular complexity index is 1270. The van der Waals surface area contributed by atoms with Crippen molar-refractivity contribution in [3.8, 4) is 11.1 Å². The highest BCUT2D eigenvalue weighted by atomic mass is 16.5. The van der Waals surface area contributed by atoms with Crippen LogP contribution in [0, 0.1) is 5.92 Å². The lowest BCUT2D eigenvalue weighted by Gasteiger charge is -2.36. The van der Waals surface area contributed by atoms with Crippen molar-refractivity contribution >= 4 is 17.4 Å². The summed E-state index contributed by atoms with van der Waals surface area (Å²) in [4.78, 5) is 16.7. The average molecular weight is 489 g/mol. The largest absolute Gasteiger partial charge is 0.381 e. The molecule has 0 bridgehead atoms. The van der Waals surface area contributed by atoms with Crippen LogP contribution in [0.3, 0.4) is 0 Å². The van der Waals surface area contributed by atoms with E-state index in [4.69, 9.17) is 9.84 Å². The Morgan fingerprint density at radius 3 is 2.81 bits per heavy atom. The first-order valence-electron chi connectivity index (χ1n) is 13.3. The number of anilines is 2. The molecule has 1 aromatic carbocycles. The third kappa shape index (κ3) is 4.11. The van der Waals surface area contributed by atoms with Crippen molar-refractivity contribution in [3.05, 3.63) is 47.4 Å². The number of benzene rings is 1. The molecule has 0 radical (unpaired) electrons. The van der Waals surface area contributed by atoms with Crippen molar-refractivity contribution < 1.29 is 9.53 Å². The number of hydrogen-bond acceptors (Lipinski definition) is 5. The van der Waals surface area contributed by atoms with Gasteiger partial charge in [-0.25, -0.2) is 0 Å². The number of nitrogens with zero attached hydrogens (tertiary/aromatic N) is 6. The molecule has 6 rings (SSSR count). The molecule has 190 valence electrons. The van der Waals surface area contributed by atoms with Gasteiger partial charge in [0.15, 0.2) is 5.82 Å². The van der Waals surface area contributed by atoms with E-state index >= 15 is 0 Å². The van der Waals surface area contributed by atoms with Crippen molar-refractivity contribution in [2.45, 2.75) is 58.5 Å². The Hall–Kier alpha value is -3.13. The zero-order valence-corrected chi connectivity index (χ0v) is 21.6. The van der Waals surface area contributed by atoms with Crippen LogP contribution in [-0.4, -0.2) is 56.7 Å². The quantitative estimate of drug-likeness (QED) is 0.537. The van der Waals surface area contributed by atoms with E-state index in [0.29, 0.717) is 18.4 Å². The first kappa shape index (κ1) is 23.3. The lowest BCUT2D eigenvalue weighted by Crippen LogP contribution is -2.36. The molecule has 0 unspecified atom stereocenters. The number of aromatic nitrogens is 4. The van der Waals surface area contributed by atoms with E-state index in [0.717, 1.165) is 69.9 Å². The van der Waals surface area contributed by atoms with Gasteiger partial charge < -0.3 is 14.5 Å². The molecule has 36 heavy (non-hydrogen) atoms. The van der Waals surface area contributed by atoms with E-state index in [1.54, 1.807) is 6.92 Å². The van der Waals surface area contributed by atoms with E-state index in [1.807, 2.05) is 22.8 Å². The number of aryl methyl sites for hydroxylation is 1. The normalized spacial score (nSPS) is 21.5. The van der Waals surface area contributed by atoms with Crippen LogP contribution in [-0.2, 0) is 36.1 Å².